The molecular formula is C15H15NO4. The first kappa shape index (κ1) is 11.8. The van der Waals surface area contributed by atoms with Gasteiger partial charge >= 0.3 is 5.97 Å². The van der Waals surface area contributed by atoms with E-state index in [-0.39, 0.29) is 12.8 Å². The zero-order valence-corrected chi connectivity index (χ0v) is 11.1. The normalized spacial score (nSPS) is 22.8. The van der Waals surface area contributed by atoms with E-state index in [2.05, 4.69) is 4.99 Å². The molecule has 1 fully saturated rings. The Morgan fingerprint density at radius 3 is 2.70 bits per heavy atom. The molecule has 0 radical (unpaired) electrons. The molecule has 5 heteroatoms. The van der Waals surface area contributed by atoms with Crippen molar-refractivity contribution in [3.8, 4) is 11.5 Å². The van der Waals surface area contributed by atoms with Crippen LogP contribution in [0.15, 0.2) is 23.2 Å². The van der Waals surface area contributed by atoms with Gasteiger partial charge in [0.2, 0.25) is 12.7 Å². The maximum Gasteiger partial charge on any atom is 0.340 e. The SMILES string of the molecule is O=C1OC(c2ccc3c(c2)OCO3)=NC12CCCCC2. The van der Waals surface area contributed by atoms with Crippen LogP contribution in [-0.4, -0.2) is 24.2 Å². The van der Waals surface area contributed by atoms with Gasteiger partial charge in [-0.1, -0.05) is 19.3 Å². The lowest BCUT2D eigenvalue weighted by molar-refractivity contribution is -0.140. The number of hydrogen-bond donors (Lipinski definition) is 0. The Bertz CT molecular complexity index is 602. The molecule has 1 aliphatic carbocycles. The molecule has 0 amide bonds. The summed E-state index contributed by atoms with van der Waals surface area (Å²) in [6.07, 6.45) is 4.82. The lowest BCUT2D eigenvalue weighted by atomic mass is 9.83. The summed E-state index contributed by atoms with van der Waals surface area (Å²) in [5, 5.41) is 0. The Morgan fingerprint density at radius 2 is 1.85 bits per heavy atom. The summed E-state index contributed by atoms with van der Waals surface area (Å²) in [6.45, 7) is 0.231. The van der Waals surface area contributed by atoms with Crippen LogP contribution in [0, 0.1) is 0 Å². The van der Waals surface area contributed by atoms with Crippen LogP contribution in [-0.2, 0) is 9.53 Å². The third-order valence-corrected chi connectivity index (χ3v) is 4.19. The second-order valence-electron chi connectivity index (χ2n) is 5.47. The van der Waals surface area contributed by atoms with Gasteiger partial charge in [0.25, 0.3) is 0 Å². The van der Waals surface area contributed by atoms with Crippen LogP contribution in [0.4, 0.5) is 0 Å². The molecule has 1 aromatic carbocycles. The van der Waals surface area contributed by atoms with E-state index in [4.69, 9.17) is 14.2 Å². The van der Waals surface area contributed by atoms with Gasteiger partial charge in [0.1, 0.15) is 0 Å². The number of cyclic esters (lactones) is 1. The van der Waals surface area contributed by atoms with E-state index in [1.165, 1.54) is 6.42 Å². The van der Waals surface area contributed by atoms with Crippen molar-refractivity contribution < 1.29 is 19.0 Å². The minimum absolute atomic E-state index is 0.204. The van der Waals surface area contributed by atoms with Gasteiger partial charge in [-0.3, -0.25) is 0 Å². The molecule has 0 unspecified atom stereocenters. The molecule has 0 saturated heterocycles. The summed E-state index contributed by atoms with van der Waals surface area (Å²) < 4.78 is 16.0. The van der Waals surface area contributed by atoms with Gasteiger partial charge in [-0.15, -0.1) is 0 Å². The fourth-order valence-corrected chi connectivity index (χ4v) is 3.05. The molecule has 0 aromatic heterocycles. The number of hydrogen-bond acceptors (Lipinski definition) is 5. The van der Waals surface area contributed by atoms with Crippen molar-refractivity contribution in [1.29, 1.82) is 0 Å². The van der Waals surface area contributed by atoms with Crippen molar-refractivity contribution in [1.82, 2.24) is 0 Å². The van der Waals surface area contributed by atoms with E-state index in [0.717, 1.165) is 31.2 Å². The number of ether oxygens (including phenoxy) is 3. The summed E-state index contributed by atoms with van der Waals surface area (Å²) >= 11 is 0. The standard InChI is InChI=1S/C15H15NO4/c17-14-15(6-2-1-3-7-15)16-13(20-14)10-4-5-11-12(8-10)19-9-18-11/h4-5,8H,1-3,6-7,9H2. The summed E-state index contributed by atoms with van der Waals surface area (Å²) in [6, 6.07) is 5.48. The number of fused-ring (bicyclic) bond motifs is 1. The molecule has 1 aromatic rings. The third kappa shape index (κ3) is 1.69. The Balaban J connectivity index is 1.69. The van der Waals surface area contributed by atoms with Crippen LogP contribution in [0.25, 0.3) is 0 Å². The lowest BCUT2D eigenvalue weighted by Crippen LogP contribution is -2.35. The Hall–Kier alpha value is -2.04. The number of rotatable bonds is 1. The molecule has 0 atom stereocenters. The first-order valence-corrected chi connectivity index (χ1v) is 6.99. The van der Waals surface area contributed by atoms with Crippen molar-refractivity contribution in [2.24, 2.45) is 4.99 Å². The second-order valence-corrected chi connectivity index (χ2v) is 5.47. The highest BCUT2D eigenvalue weighted by Crippen LogP contribution is 2.38. The van der Waals surface area contributed by atoms with E-state index in [1.54, 1.807) is 0 Å². The van der Waals surface area contributed by atoms with Crippen molar-refractivity contribution in [3.05, 3.63) is 23.8 Å². The molecule has 2 aliphatic heterocycles. The van der Waals surface area contributed by atoms with E-state index < -0.39 is 5.54 Å². The van der Waals surface area contributed by atoms with Crippen molar-refractivity contribution in [2.75, 3.05) is 6.79 Å². The predicted octanol–water partition coefficient (Wildman–Crippen LogP) is 2.42. The molecule has 20 heavy (non-hydrogen) atoms. The van der Waals surface area contributed by atoms with Crippen molar-refractivity contribution in [2.45, 2.75) is 37.6 Å². The fraction of sp³-hybridized carbons (Fsp3) is 0.467. The number of carbonyl (C=O) groups excluding carboxylic acids is 1. The Labute approximate surface area is 116 Å². The quantitative estimate of drug-likeness (QED) is 0.737. The van der Waals surface area contributed by atoms with Gasteiger partial charge in [0.05, 0.1) is 0 Å². The van der Waals surface area contributed by atoms with Gasteiger partial charge in [0.15, 0.2) is 17.0 Å². The van der Waals surface area contributed by atoms with Crippen LogP contribution in [0.1, 0.15) is 37.7 Å². The number of esters is 1. The van der Waals surface area contributed by atoms with Crippen LogP contribution < -0.4 is 9.47 Å². The highest BCUT2D eigenvalue weighted by Gasteiger charge is 2.46. The number of nitrogens with zero attached hydrogens (tertiary/aromatic N) is 1. The molecule has 1 saturated carbocycles. The average Bonchev–Trinajstić information content (AvgIpc) is 3.05. The minimum Gasteiger partial charge on any atom is -0.454 e. The fourth-order valence-electron chi connectivity index (χ4n) is 3.05. The largest absolute Gasteiger partial charge is 0.454 e. The molecule has 3 aliphatic rings. The summed E-state index contributed by atoms with van der Waals surface area (Å²) in [4.78, 5) is 16.8. The molecule has 0 bridgehead atoms. The molecule has 0 N–H and O–H groups in total. The zero-order valence-electron chi connectivity index (χ0n) is 11.1. The smallest absolute Gasteiger partial charge is 0.340 e. The Morgan fingerprint density at radius 1 is 1.05 bits per heavy atom. The minimum atomic E-state index is -0.635. The van der Waals surface area contributed by atoms with Gasteiger partial charge in [-0.2, -0.15) is 0 Å². The van der Waals surface area contributed by atoms with E-state index >= 15 is 0 Å². The van der Waals surface area contributed by atoms with Crippen LogP contribution in [0.2, 0.25) is 0 Å². The molecule has 5 nitrogen and oxygen atoms in total. The van der Waals surface area contributed by atoms with Gasteiger partial charge in [-0.05, 0) is 31.0 Å². The first-order valence-electron chi connectivity index (χ1n) is 6.99. The molecule has 104 valence electrons. The number of carbonyl (C=O) groups is 1. The topological polar surface area (TPSA) is 57.1 Å². The molecule has 1 spiro atoms. The van der Waals surface area contributed by atoms with E-state index in [9.17, 15) is 4.79 Å². The van der Waals surface area contributed by atoms with Gasteiger partial charge < -0.3 is 14.2 Å². The van der Waals surface area contributed by atoms with Crippen LogP contribution >= 0.6 is 0 Å². The molecule has 2 heterocycles. The third-order valence-electron chi connectivity index (χ3n) is 4.19. The van der Waals surface area contributed by atoms with E-state index in [0.29, 0.717) is 17.4 Å². The van der Waals surface area contributed by atoms with Crippen LogP contribution in [0.5, 0.6) is 11.5 Å². The van der Waals surface area contributed by atoms with Gasteiger partial charge in [-0.25, -0.2) is 9.79 Å². The van der Waals surface area contributed by atoms with Crippen LogP contribution in [0.3, 0.4) is 0 Å². The summed E-state index contributed by atoms with van der Waals surface area (Å²) in [5.74, 6) is 1.59. The molecule has 4 rings (SSSR count). The monoisotopic (exact) mass is 273 g/mol. The summed E-state index contributed by atoms with van der Waals surface area (Å²) in [7, 11) is 0. The first-order chi connectivity index (χ1) is 9.77. The predicted molar refractivity (Wildman–Crippen MR) is 71.0 cm³/mol. The van der Waals surface area contributed by atoms with E-state index in [1.807, 2.05) is 18.2 Å². The lowest BCUT2D eigenvalue weighted by Gasteiger charge is -2.25. The van der Waals surface area contributed by atoms with Crippen molar-refractivity contribution >= 4 is 11.9 Å². The average molecular weight is 273 g/mol. The second kappa shape index (κ2) is 4.23. The molecular weight excluding hydrogens is 258 g/mol. The van der Waals surface area contributed by atoms with Crippen molar-refractivity contribution in [3.63, 3.8) is 0 Å². The maximum absolute atomic E-state index is 12.2. The maximum atomic E-state index is 12.2. The number of aliphatic imine (C=N–C) groups is 1. The Kier molecular flexibility index (Phi) is 2.49. The highest BCUT2D eigenvalue weighted by atomic mass is 16.7. The highest BCUT2D eigenvalue weighted by molar-refractivity contribution is 6.08. The summed E-state index contributed by atoms with van der Waals surface area (Å²) in [5.41, 5.74) is 0.134. The van der Waals surface area contributed by atoms with Gasteiger partial charge in [0, 0.05) is 5.56 Å². The number of benzene rings is 1. The zero-order chi connectivity index (χ0) is 13.6.